The molecule has 0 aromatic heterocycles. The van der Waals surface area contributed by atoms with Crippen LogP contribution in [-0.4, -0.2) is 59.9 Å². The van der Waals surface area contributed by atoms with Crippen LogP contribution in [0.5, 0.6) is 0 Å². The van der Waals surface area contributed by atoms with Crippen molar-refractivity contribution >= 4 is 21.7 Å². The highest BCUT2D eigenvalue weighted by molar-refractivity contribution is 7.88. The van der Waals surface area contributed by atoms with Crippen molar-refractivity contribution in [2.45, 2.75) is 18.9 Å². The van der Waals surface area contributed by atoms with Gasteiger partial charge in [-0.2, -0.15) is 0 Å². The van der Waals surface area contributed by atoms with Crippen molar-refractivity contribution in [3.63, 3.8) is 0 Å². The third-order valence-corrected chi connectivity index (χ3v) is 4.75. The van der Waals surface area contributed by atoms with Gasteiger partial charge in [-0.05, 0) is 25.0 Å². The molecule has 1 aliphatic heterocycles. The van der Waals surface area contributed by atoms with E-state index < -0.39 is 21.7 Å². The van der Waals surface area contributed by atoms with Crippen molar-refractivity contribution in [1.82, 2.24) is 15.4 Å². The molecule has 1 aromatic rings. The quantitative estimate of drug-likeness (QED) is 0.362. The maximum absolute atomic E-state index is 13.9. The number of aliphatic imine (C=N–C) groups is 1. The van der Waals surface area contributed by atoms with Crippen LogP contribution in [0, 0.1) is 11.6 Å². The lowest BCUT2D eigenvalue weighted by Crippen LogP contribution is -2.45. The molecule has 1 atom stereocenters. The van der Waals surface area contributed by atoms with Crippen LogP contribution in [0.3, 0.4) is 0 Å². The summed E-state index contributed by atoms with van der Waals surface area (Å²) in [6.07, 6.45) is 2.44. The van der Waals surface area contributed by atoms with Crippen LogP contribution < -0.4 is 20.3 Å². The molecule has 0 bridgehead atoms. The molecule has 1 aliphatic rings. The smallest absolute Gasteiger partial charge is 0.208 e. The Labute approximate surface area is 152 Å². The van der Waals surface area contributed by atoms with E-state index in [1.807, 2.05) is 0 Å². The lowest BCUT2D eigenvalue weighted by atomic mass is 10.2. The van der Waals surface area contributed by atoms with E-state index in [-0.39, 0.29) is 11.7 Å². The Kier molecular flexibility index (Phi) is 7.15. The minimum absolute atomic E-state index is 0.00611. The number of nitrogens with one attached hydrogen (secondary N) is 3. The van der Waals surface area contributed by atoms with Crippen LogP contribution in [-0.2, 0) is 10.0 Å². The highest BCUT2D eigenvalue weighted by Gasteiger charge is 2.27. The molecule has 1 fully saturated rings. The fraction of sp³-hybridized carbons (Fsp3) is 0.562. The minimum Gasteiger partial charge on any atom is -0.365 e. The second-order valence-electron chi connectivity index (χ2n) is 6.17. The maximum atomic E-state index is 13.9. The third-order valence-electron chi connectivity index (χ3n) is 4.02. The van der Waals surface area contributed by atoms with E-state index in [0.29, 0.717) is 38.6 Å². The zero-order valence-corrected chi connectivity index (χ0v) is 15.7. The Morgan fingerprint density at radius 1 is 1.31 bits per heavy atom. The van der Waals surface area contributed by atoms with Crippen LogP contribution in [0.1, 0.15) is 12.8 Å². The molecule has 0 aliphatic carbocycles. The predicted molar refractivity (Wildman–Crippen MR) is 98.9 cm³/mol. The van der Waals surface area contributed by atoms with Gasteiger partial charge in [0.25, 0.3) is 0 Å². The summed E-state index contributed by atoms with van der Waals surface area (Å²) in [6, 6.07) is 3.87. The lowest BCUT2D eigenvalue weighted by molar-refractivity contribution is 0.575. The molecular weight excluding hydrogens is 364 g/mol. The molecule has 1 heterocycles. The number of hydrogen-bond donors (Lipinski definition) is 3. The second-order valence-corrected chi connectivity index (χ2v) is 8.00. The standard InChI is InChI=1S/C16H25F2N5O2S/c1-19-16(20-8-4-9-21-26(2,24)25)22-12-7-10-23(11-12)15-13(17)5-3-6-14(15)18/h3,5-6,12,21H,4,7-11H2,1-2H3,(H2,19,20,22). The number of guanidine groups is 1. The fourth-order valence-electron chi connectivity index (χ4n) is 2.81. The molecule has 1 saturated heterocycles. The Bertz CT molecular complexity index is 722. The van der Waals surface area contributed by atoms with Gasteiger partial charge in [0.2, 0.25) is 10.0 Å². The number of rotatable bonds is 7. The van der Waals surface area contributed by atoms with Crippen LogP contribution in [0.2, 0.25) is 0 Å². The van der Waals surface area contributed by atoms with Gasteiger partial charge in [-0.25, -0.2) is 21.9 Å². The van der Waals surface area contributed by atoms with E-state index in [4.69, 9.17) is 0 Å². The number of anilines is 1. The van der Waals surface area contributed by atoms with Crippen LogP contribution in [0.15, 0.2) is 23.2 Å². The number of sulfonamides is 1. The number of halogens is 2. The summed E-state index contributed by atoms with van der Waals surface area (Å²) in [5, 5.41) is 6.32. The Hall–Kier alpha value is -1.94. The largest absolute Gasteiger partial charge is 0.365 e. The molecule has 7 nitrogen and oxygen atoms in total. The monoisotopic (exact) mass is 389 g/mol. The molecule has 1 aromatic carbocycles. The van der Waals surface area contributed by atoms with Gasteiger partial charge in [0.05, 0.1) is 6.26 Å². The number of nitrogens with zero attached hydrogens (tertiary/aromatic N) is 2. The van der Waals surface area contributed by atoms with Gasteiger partial charge < -0.3 is 15.5 Å². The summed E-state index contributed by atoms with van der Waals surface area (Å²) in [5.41, 5.74) is 0.00611. The first-order valence-corrected chi connectivity index (χ1v) is 10.3. The Morgan fingerprint density at radius 3 is 2.62 bits per heavy atom. The second kappa shape index (κ2) is 9.13. The van der Waals surface area contributed by atoms with Gasteiger partial charge in [0.1, 0.15) is 17.3 Å². The van der Waals surface area contributed by atoms with Gasteiger partial charge in [-0.3, -0.25) is 4.99 Å². The average Bonchev–Trinajstić information content (AvgIpc) is 3.00. The molecule has 0 spiro atoms. The average molecular weight is 389 g/mol. The van der Waals surface area contributed by atoms with Crippen molar-refractivity contribution < 1.29 is 17.2 Å². The zero-order valence-electron chi connectivity index (χ0n) is 14.9. The van der Waals surface area contributed by atoms with Gasteiger partial charge in [-0.15, -0.1) is 0 Å². The van der Waals surface area contributed by atoms with Crippen molar-refractivity contribution in [2.75, 3.05) is 44.4 Å². The van der Waals surface area contributed by atoms with Crippen molar-refractivity contribution in [2.24, 2.45) is 4.99 Å². The van der Waals surface area contributed by atoms with Crippen LogP contribution in [0.25, 0.3) is 0 Å². The molecule has 0 radical (unpaired) electrons. The highest BCUT2D eigenvalue weighted by Crippen LogP contribution is 2.26. The van der Waals surface area contributed by atoms with Crippen molar-refractivity contribution in [3.05, 3.63) is 29.8 Å². The molecule has 2 rings (SSSR count). The number of benzene rings is 1. The summed E-state index contributed by atoms with van der Waals surface area (Å²) in [4.78, 5) is 5.81. The van der Waals surface area contributed by atoms with Crippen LogP contribution >= 0.6 is 0 Å². The predicted octanol–water partition coefficient (Wildman–Crippen LogP) is 0.648. The summed E-state index contributed by atoms with van der Waals surface area (Å²) >= 11 is 0. The first kappa shape index (κ1) is 20.4. The summed E-state index contributed by atoms with van der Waals surface area (Å²) < 4.78 is 52.2. The van der Waals surface area contributed by atoms with Gasteiger partial charge in [0, 0.05) is 39.3 Å². The third kappa shape index (κ3) is 6.10. The highest BCUT2D eigenvalue weighted by atomic mass is 32.2. The number of para-hydroxylation sites is 1. The summed E-state index contributed by atoms with van der Waals surface area (Å²) in [6.45, 7) is 1.89. The summed E-state index contributed by atoms with van der Waals surface area (Å²) in [7, 11) is -1.55. The molecule has 10 heteroatoms. The van der Waals surface area contributed by atoms with Crippen LogP contribution in [0.4, 0.5) is 14.5 Å². The molecular formula is C16H25F2N5O2S. The van der Waals surface area contributed by atoms with E-state index in [1.54, 1.807) is 11.9 Å². The Morgan fingerprint density at radius 2 is 2.00 bits per heavy atom. The lowest BCUT2D eigenvalue weighted by Gasteiger charge is -2.21. The molecule has 26 heavy (non-hydrogen) atoms. The maximum Gasteiger partial charge on any atom is 0.208 e. The molecule has 0 amide bonds. The number of hydrogen-bond acceptors (Lipinski definition) is 4. The van der Waals surface area contributed by atoms with E-state index in [2.05, 4.69) is 20.3 Å². The Balaban J connectivity index is 1.79. The SMILES string of the molecule is CN=C(NCCCNS(C)(=O)=O)NC1CCN(c2c(F)cccc2F)C1. The van der Waals surface area contributed by atoms with E-state index >= 15 is 0 Å². The van der Waals surface area contributed by atoms with E-state index in [0.717, 1.165) is 12.7 Å². The van der Waals surface area contributed by atoms with Crippen molar-refractivity contribution in [1.29, 1.82) is 0 Å². The fourth-order valence-corrected chi connectivity index (χ4v) is 3.33. The van der Waals surface area contributed by atoms with Gasteiger partial charge in [-0.1, -0.05) is 6.07 Å². The molecule has 146 valence electrons. The molecule has 1 unspecified atom stereocenters. The molecule has 0 saturated carbocycles. The first-order valence-electron chi connectivity index (χ1n) is 8.41. The first-order chi connectivity index (χ1) is 12.3. The van der Waals surface area contributed by atoms with E-state index in [1.165, 1.54) is 18.2 Å². The minimum atomic E-state index is -3.18. The zero-order chi connectivity index (χ0) is 19.2. The topological polar surface area (TPSA) is 85.8 Å². The van der Waals surface area contributed by atoms with Gasteiger partial charge in [0.15, 0.2) is 5.96 Å². The normalized spacial score (nSPS) is 18.2. The summed E-state index contributed by atoms with van der Waals surface area (Å²) in [5.74, 6) is -0.553. The van der Waals surface area contributed by atoms with E-state index in [9.17, 15) is 17.2 Å². The van der Waals surface area contributed by atoms with Gasteiger partial charge >= 0.3 is 0 Å². The van der Waals surface area contributed by atoms with Crippen molar-refractivity contribution in [3.8, 4) is 0 Å². The molecule has 3 N–H and O–H groups in total.